The molecule has 4 aliphatic rings. The second-order valence-electron chi connectivity index (χ2n) is 13.1. The molecule has 1 aromatic heterocycles. The Kier molecular flexibility index (Phi) is 9.68. The number of amides is 1. The molecule has 10 nitrogen and oxygen atoms in total. The minimum Gasteiger partial charge on any atom is -0.462 e. The number of benzene rings is 2. The smallest absolute Gasteiger partial charge is 0.410 e. The number of halogens is 1. The van der Waals surface area contributed by atoms with Gasteiger partial charge in [0.2, 0.25) is 0 Å². The number of carbonyl (C=O) groups excluding carboxylic acids is 1. The zero-order valence-electron chi connectivity index (χ0n) is 27.5. The van der Waals surface area contributed by atoms with Crippen LogP contribution in [0.4, 0.5) is 16.3 Å². The van der Waals surface area contributed by atoms with Crippen molar-refractivity contribution in [2.24, 2.45) is 0 Å². The first-order valence-corrected chi connectivity index (χ1v) is 17.4. The highest BCUT2D eigenvalue weighted by atomic mass is 35.5. The minimum absolute atomic E-state index is 0.191. The van der Waals surface area contributed by atoms with Crippen LogP contribution in [0.1, 0.15) is 54.5 Å². The van der Waals surface area contributed by atoms with Crippen LogP contribution in [0.3, 0.4) is 0 Å². The number of allylic oxidation sites excluding steroid dienone is 1. The lowest BCUT2D eigenvalue weighted by atomic mass is 9.95. The maximum absolute atomic E-state index is 13.2. The van der Waals surface area contributed by atoms with E-state index in [-0.39, 0.29) is 19.1 Å². The highest BCUT2D eigenvalue weighted by Gasteiger charge is 2.35. The molecule has 3 aliphatic heterocycles. The van der Waals surface area contributed by atoms with Crippen LogP contribution in [0.25, 0.3) is 6.08 Å². The average molecular weight is 668 g/mol. The molecule has 11 heteroatoms. The topological polar surface area (TPSA) is 98.1 Å². The van der Waals surface area contributed by atoms with Gasteiger partial charge in [0.1, 0.15) is 19.0 Å². The molecule has 2 saturated heterocycles. The largest absolute Gasteiger partial charge is 0.462 e. The number of nitrogens with zero attached hydrogens (tertiary/aromatic N) is 7. The molecular weight excluding hydrogens is 626 g/mol. The van der Waals surface area contributed by atoms with Gasteiger partial charge in [0.15, 0.2) is 0 Å². The van der Waals surface area contributed by atoms with Crippen molar-refractivity contribution in [3.8, 4) is 12.1 Å². The van der Waals surface area contributed by atoms with Gasteiger partial charge >= 0.3 is 12.1 Å². The highest BCUT2D eigenvalue weighted by molar-refractivity contribution is 6.33. The summed E-state index contributed by atoms with van der Waals surface area (Å²) >= 11 is 6.76. The van der Waals surface area contributed by atoms with E-state index in [4.69, 9.17) is 31.0 Å². The van der Waals surface area contributed by atoms with E-state index in [2.05, 4.69) is 40.0 Å². The Morgan fingerprint density at radius 2 is 1.88 bits per heavy atom. The summed E-state index contributed by atoms with van der Waals surface area (Å²) in [5.74, 6) is 0.822. The van der Waals surface area contributed by atoms with Crippen molar-refractivity contribution in [2.45, 2.75) is 63.6 Å². The molecule has 1 amide bonds. The summed E-state index contributed by atoms with van der Waals surface area (Å²) in [6.07, 6.45) is 7.90. The van der Waals surface area contributed by atoms with Crippen molar-refractivity contribution < 1.29 is 14.3 Å². The first-order chi connectivity index (χ1) is 23.5. The number of hydrogen-bond acceptors (Lipinski definition) is 9. The summed E-state index contributed by atoms with van der Waals surface area (Å²) in [7, 11) is 2.14. The molecule has 7 rings (SSSR count). The van der Waals surface area contributed by atoms with Gasteiger partial charge < -0.3 is 29.1 Å². The fourth-order valence-corrected chi connectivity index (χ4v) is 7.77. The standard InChI is InChI=1S/C37H42ClN7O3/c1-42-18-7-12-30(42)25-47-36-40-33-22-28(44-19-6-11-27-10-5-13-32(38)34(27)44)14-15-31(33)35(41-36)43-20-21-45(29(23-43)16-17-39)37(46)48-24-26-8-3-2-4-9-26/h2-5,8-10,13,22,29-30H,6-7,11-12,14-16,18-21,23-25H2,1H3/t29-,30-/m0/s1. The number of rotatable bonds is 8. The number of hydrogen-bond donors (Lipinski definition) is 0. The summed E-state index contributed by atoms with van der Waals surface area (Å²) in [4.78, 5) is 31.8. The third-order valence-electron chi connectivity index (χ3n) is 10.1. The number of aryl methyl sites for hydroxylation is 1. The Labute approximate surface area is 287 Å². The van der Waals surface area contributed by atoms with Gasteiger partial charge in [-0.1, -0.05) is 54.1 Å². The number of nitriles is 1. The van der Waals surface area contributed by atoms with Gasteiger partial charge in [-0.15, -0.1) is 0 Å². The Morgan fingerprint density at radius 3 is 2.69 bits per heavy atom. The Balaban J connectivity index is 1.17. The molecule has 0 radical (unpaired) electrons. The van der Waals surface area contributed by atoms with Gasteiger partial charge in [0.05, 0.1) is 34.9 Å². The molecule has 0 N–H and O–H groups in total. The third kappa shape index (κ3) is 6.80. The normalized spacial score (nSPS) is 20.9. The van der Waals surface area contributed by atoms with Crippen LogP contribution in [-0.2, 0) is 24.2 Å². The summed E-state index contributed by atoms with van der Waals surface area (Å²) in [5.41, 5.74) is 6.42. The lowest BCUT2D eigenvalue weighted by Crippen LogP contribution is -2.55. The number of anilines is 2. The quantitative estimate of drug-likeness (QED) is 0.283. The SMILES string of the molecule is CN1CCC[C@H]1COc1nc2c(c(N3CCN(C(=O)OCc4ccccc4)[C@@H](CC#N)C3)n1)CCC(N1CCCc3cccc(Cl)c31)=C2. The van der Waals surface area contributed by atoms with Gasteiger partial charge in [-0.05, 0) is 75.4 Å². The lowest BCUT2D eigenvalue weighted by molar-refractivity contribution is 0.0767. The monoisotopic (exact) mass is 667 g/mol. The number of ether oxygens (including phenoxy) is 2. The van der Waals surface area contributed by atoms with Gasteiger partial charge in [-0.2, -0.15) is 15.2 Å². The zero-order chi connectivity index (χ0) is 33.0. The third-order valence-corrected chi connectivity index (χ3v) is 10.4. The zero-order valence-corrected chi connectivity index (χ0v) is 28.2. The number of carbonyl (C=O) groups is 1. The fraction of sp³-hybridized carbons (Fsp3) is 0.459. The van der Waals surface area contributed by atoms with E-state index < -0.39 is 6.09 Å². The van der Waals surface area contributed by atoms with E-state index >= 15 is 0 Å². The number of aromatic nitrogens is 2. The van der Waals surface area contributed by atoms with Crippen LogP contribution in [0, 0.1) is 11.3 Å². The van der Waals surface area contributed by atoms with E-state index in [0.29, 0.717) is 38.3 Å². The number of likely N-dealkylation sites (tertiary alicyclic amines) is 1. The van der Waals surface area contributed by atoms with Gasteiger partial charge in [-0.3, -0.25) is 0 Å². The minimum atomic E-state index is -0.402. The summed E-state index contributed by atoms with van der Waals surface area (Å²) in [6.45, 7) is 4.14. The molecule has 3 aromatic rings. The molecule has 2 aromatic carbocycles. The second-order valence-corrected chi connectivity index (χ2v) is 13.5. The van der Waals surface area contributed by atoms with Crippen molar-refractivity contribution in [3.05, 3.63) is 81.6 Å². The van der Waals surface area contributed by atoms with E-state index in [1.807, 2.05) is 42.5 Å². The molecule has 2 atom stereocenters. The van der Waals surface area contributed by atoms with Crippen LogP contribution >= 0.6 is 11.6 Å². The molecule has 0 saturated carbocycles. The second kappa shape index (κ2) is 14.4. The number of likely N-dealkylation sites (N-methyl/N-ethyl adjacent to an activating group) is 1. The van der Waals surface area contributed by atoms with Crippen molar-refractivity contribution in [2.75, 3.05) is 56.2 Å². The molecule has 2 fully saturated rings. The van der Waals surface area contributed by atoms with Gasteiger partial charge in [0.25, 0.3) is 0 Å². The molecule has 250 valence electrons. The van der Waals surface area contributed by atoms with E-state index in [1.165, 1.54) is 11.3 Å². The number of piperazine rings is 1. The highest BCUT2D eigenvalue weighted by Crippen LogP contribution is 2.40. The molecule has 4 heterocycles. The number of fused-ring (bicyclic) bond motifs is 2. The summed E-state index contributed by atoms with van der Waals surface area (Å²) in [6, 6.07) is 18.5. The van der Waals surface area contributed by atoms with Crippen molar-refractivity contribution in [1.29, 1.82) is 5.26 Å². The van der Waals surface area contributed by atoms with E-state index in [0.717, 1.165) is 85.0 Å². The molecule has 1 aliphatic carbocycles. The molecule has 48 heavy (non-hydrogen) atoms. The van der Waals surface area contributed by atoms with Crippen LogP contribution in [0.5, 0.6) is 6.01 Å². The lowest BCUT2D eigenvalue weighted by Gasteiger charge is -2.41. The summed E-state index contributed by atoms with van der Waals surface area (Å²) < 4.78 is 12.0. The average Bonchev–Trinajstić information content (AvgIpc) is 3.53. The van der Waals surface area contributed by atoms with Gasteiger partial charge in [-0.25, -0.2) is 4.79 Å². The Morgan fingerprint density at radius 1 is 1.00 bits per heavy atom. The molecule has 0 unspecified atom stereocenters. The fourth-order valence-electron chi connectivity index (χ4n) is 7.47. The van der Waals surface area contributed by atoms with E-state index in [1.54, 1.807) is 4.90 Å². The first-order valence-electron chi connectivity index (χ1n) is 17.1. The van der Waals surface area contributed by atoms with Crippen molar-refractivity contribution in [3.63, 3.8) is 0 Å². The molecule has 0 bridgehead atoms. The van der Waals surface area contributed by atoms with Crippen LogP contribution in [0.15, 0.2) is 54.2 Å². The first kappa shape index (κ1) is 32.2. The molecule has 0 spiro atoms. The van der Waals surface area contributed by atoms with Gasteiger partial charge in [0, 0.05) is 43.5 Å². The van der Waals surface area contributed by atoms with Crippen LogP contribution < -0.4 is 14.5 Å². The Bertz CT molecular complexity index is 1710. The maximum Gasteiger partial charge on any atom is 0.410 e. The van der Waals surface area contributed by atoms with Crippen molar-refractivity contribution >= 4 is 35.3 Å². The molecular formula is C37H42ClN7O3. The van der Waals surface area contributed by atoms with E-state index in [9.17, 15) is 10.1 Å². The van der Waals surface area contributed by atoms with Crippen molar-refractivity contribution in [1.82, 2.24) is 19.8 Å². The Hall–Kier alpha value is -4.33. The predicted molar refractivity (Wildman–Crippen MR) is 186 cm³/mol. The maximum atomic E-state index is 13.2. The number of para-hydroxylation sites is 1. The predicted octanol–water partition coefficient (Wildman–Crippen LogP) is 6.08. The van der Waals surface area contributed by atoms with Crippen LogP contribution in [0.2, 0.25) is 5.02 Å². The van der Waals surface area contributed by atoms with Crippen LogP contribution in [-0.4, -0.2) is 84.3 Å². The summed E-state index contributed by atoms with van der Waals surface area (Å²) in [5, 5.41) is 10.5.